The molecule has 0 bridgehead atoms. The van der Waals surface area contributed by atoms with Crippen LogP contribution in [0, 0.1) is 5.92 Å². The average Bonchev–Trinajstić information content (AvgIpc) is 3.38. The number of aliphatic imine (C=N–C) groups is 1. The largest absolute Gasteiger partial charge is 0.370 e. The molecule has 194 valence electrons. The molecule has 1 saturated carbocycles. The highest BCUT2D eigenvalue weighted by Gasteiger charge is 2.31. The van der Waals surface area contributed by atoms with Crippen LogP contribution < -0.4 is 16.8 Å². The Balaban J connectivity index is 1.29. The van der Waals surface area contributed by atoms with Crippen LogP contribution >= 0.6 is 23.2 Å². The van der Waals surface area contributed by atoms with Gasteiger partial charge < -0.3 is 26.2 Å². The lowest BCUT2D eigenvalue weighted by atomic mass is 9.83. The number of nitrogens with two attached hydrogens (primary N) is 2. The van der Waals surface area contributed by atoms with Crippen LogP contribution in [0.15, 0.2) is 27.7 Å². The van der Waals surface area contributed by atoms with Gasteiger partial charge in [0.25, 0.3) is 0 Å². The van der Waals surface area contributed by atoms with Crippen molar-refractivity contribution >= 4 is 41.0 Å². The maximum absolute atomic E-state index is 12.8. The molecule has 1 saturated heterocycles. The molecule has 1 aliphatic carbocycles. The van der Waals surface area contributed by atoms with Crippen molar-refractivity contribution in [2.75, 3.05) is 19.6 Å². The van der Waals surface area contributed by atoms with Gasteiger partial charge in [0.2, 0.25) is 23.5 Å². The Morgan fingerprint density at radius 1 is 1.14 bits per heavy atom. The zero-order valence-corrected chi connectivity index (χ0v) is 21.5. The van der Waals surface area contributed by atoms with Crippen LogP contribution in [0.4, 0.5) is 0 Å². The number of carbonyl (C=O) groups is 2. The molecule has 0 radical (unpaired) electrons. The van der Waals surface area contributed by atoms with Gasteiger partial charge in [0, 0.05) is 24.6 Å². The summed E-state index contributed by atoms with van der Waals surface area (Å²) < 4.78 is 5.49. The summed E-state index contributed by atoms with van der Waals surface area (Å²) >= 11 is 12.4. The summed E-state index contributed by atoms with van der Waals surface area (Å²) in [7, 11) is 0. The minimum atomic E-state index is -0.659. The number of amides is 2. The Labute approximate surface area is 219 Å². The topological polar surface area (TPSA) is 153 Å². The molecule has 0 unspecified atom stereocenters. The van der Waals surface area contributed by atoms with E-state index in [1.54, 1.807) is 23.1 Å². The number of carbonyl (C=O) groups excluding carboxylic acids is 2. The molecule has 36 heavy (non-hydrogen) atoms. The lowest BCUT2D eigenvalue weighted by Gasteiger charge is -2.31. The molecule has 10 nitrogen and oxygen atoms in total. The minimum Gasteiger partial charge on any atom is -0.370 e. The first-order chi connectivity index (χ1) is 17.3. The third-order valence-electron chi connectivity index (χ3n) is 6.90. The first kappa shape index (κ1) is 26.2. The Bertz CT molecular complexity index is 1100. The van der Waals surface area contributed by atoms with Crippen LogP contribution in [0.2, 0.25) is 10.0 Å². The number of guanidine groups is 1. The van der Waals surface area contributed by atoms with E-state index in [0.717, 1.165) is 32.1 Å². The van der Waals surface area contributed by atoms with Crippen LogP contribution in [0.1, 0.15) is 56.8 Å². The van der Waals surface area contributed by atoms with Crippen molar-refractivity contribution in [1.29, 1.82) is 0 Å². The highest BCUT2D eigenvalue weighted by Crippen LogP contribution is 2.34. The summed E-state index contributed by atoms with van der Waals surface area (Å²) in [5, 5.41) is 7.59. The highest BCUT2D eigenvalue weighted by atomic mass is 35.5. The fourth-order valence-electron chi connectivity index (χ4n) is 4.93. The summed E-state index contributed by atoms with van der Waals surface area (Å²) in [6.07, 6.45) is 6.40. The van der Waals surface area contributed by atoms with Crippen molar-refractivity contribution in [2.45, 2.75) is 56.9 Å². The number of aromatic nitrogens is 2. The quantitative estimate of drug-likeness (QED) is 0.363. The van der Waals surface area contributed by atoms with E-state index in [2.05, 4.69) is 20.4 Å². The molecule has 2 fully saturated rings. The van der Waals surface area contributed by atoms with E-state index in [0.29, 0.717) is 53.3 Å². The van der Waals surface area contributed by atoms with Gasteiger partial charge in [0.15, 0.2) is 5.96 Å². The highest BCUT2D eigenvalue weighted by molar-refractivity contribution is 6.43. The predicted molar refractivity (Wildman–Crippen MR) is 137 cm³/mol. The normalized spacial score (nSPS) is 18.0. The van der Waals surface area contributed by atoms with Gasteiger partial charge in [-0.25, -0.2) is 4.99 Å². The molecule has 1 aromatic carbocycles. The number of piperidine rings is 1. The molecule has 2 amide bonds. The van der Waals surface area contributed by atoms with E-state index in [9.17, 15) is 9.59 Å². The maximum Gasteiger partial charge on any atom is 0.245 e. The van der Waals surface area contributed by atoms with Gasteiger partial charge in [-0.05, 0) is 43.7 Å². The smallest absolute Gasteiger partial charge is 0.245 e. The molecule has 2 heterocycles. The number of rotatable bonds is 7. The van der Waals surface area contributed by atoms with Crippen molar-refractivity contribution in [2.24, 2.45) is 22.4 Å². The molecule has 12 heteroatoms. The van der Waals surface area contributed by atoms with Crippen LogP contribution in [-0.2, 0) is 9.59 Å². The van der Waals surface area contributed by atoms with Crippen LogP contribution in [0.25, 0.3) is 11.4 Å². The average molecular weight is 536 g/mol. The number of halogens is 2. The summed E-state index contributed by atoms with van der Waals surface area (Å²) in [5.41, 5.74) is 11.7. The third kappa shape index (κ3) is 6.28. The molecule has 0 spiro atoms. The Hall–Kier alpha value is -2.85. The predicted octanol–water partition coefficient (Wildman–Crippen LogP) is 3.09. The zero-order chi connectivity index (χ0) is 25.7. The summed E-state index contributed by atoms with van der Waals surface area (Å²) in [6.45, 7) is 0.953. The monoisotopic (exact) mass is 535 g/mol. The van der Waals surface area contributed by atoms with E-state index >= 15 is 0 Å². The van der Waals surface area contributed by atoms with E-state index in [-0.39, 0.29) is 36.2 Å². The van der Waals surface area contributed by atoms with Gasteiger partial charge in [-0.2, -0.15) is 4.98 Å². The molecular formula is C24H31Cl2N7O3. The molecule has 5 N–H and O–H groups in total. The number of benzene rings is 1. The lowest BCUT2D eigenvalue weighted by molar-refractivity contribution is -0.134. The van der Waals surface area contributed by atoms with Crippen LogP contribution in [0.5, 0.6) is 0 Å². The van der Waals surface area contributed by atoms with Crippen molar-refractivity contribution in [3.63, 3.8) is 0 Å². The van der Waals surface area contributed by atoms with Gasteiger partial charge in [0.05, 0.1) is 16.6 Å². The maximum atomic E-state index is 12.8. The minimum absolute atomic E-state index is 0.0281. The van der Waals surface area contributed by atoms with Gasteiger partial charge in [-0.15, -0.1) is 0 Å². The summed E-state index contributed by atoms with van der Waals surface area (Å²) in [4.78, 5) is 36.0. The molecule has 2 aliphatic rings. The van der Waals surface area contributed by atoms with Gasteiger partial charge in [0.1, 0.15) is 6.04 Å². The lowest BCUT2D eigenvalue weighted by Crippen LogP contribution is -2.47. The summed E-state index contributed by atoms with van der Waals surface area (Å²) in [6, 6.07) is 4.59. The standard InChI is InChI=1S/C24H31Cl2N7O3/c25-17-8-4-7-16(19(17)26)21-31-23(36-32-21)15-9-11-33(12-10-15)18(34)13-29-22(35)20(30-24(27)28)14-5-2-1-3-6-14/h4,7-8,14-15,20H,1-3,5-6,9-13H2,(H,29,35)(H4,27,28,30)/t20-/m1/s1. The number of nitrogens with one attached hydrogen (secondary N) is 1. The van der Waals surface area contributed by atoms with E-state index in [1.165, 1.54) is 0 Å². The summed E-state index contributed by atoms with van der Waals surface area (Å²) in [5.74, 6) is 0.438. The first-order valence-corrected chi connectivity index (χ1v) is 13.0. The fourth-order valence-corrected chi connectivity index (χ4v) is 5.32. The van der Waals surface area contributed by atoms with Crippen molar-refractivity contribution in [3.8, 4) is 11.4 Å². The fraction of sp³-hybridized carbons (Fsp3) is 0.542. The number of hydrogen-bond donors (Lipinski definition) is 3. The van der Waals surface area contributed by atoms with Gasteiger partial charge >= 0.3 is 0 Å². The SMILES string of the molecule is NC(N)=N[C@@H](C(=O)NCC(=O)N1CCC(c2nc(-c3cccc(Cl)c3Cl)no2)CC1)C1CCCCC1. The van der Waals surface area contributed by atoms with Crippen LogP contribution in [0.3, 0.4) is 0 Å². The molecule has 1 aliphatic heterocycles. The molecule has 1 atom stereocenters. The van der Waals surface area contributed by atoms with E-state index in [4.69, 9.17) is 39.2 Å². The Kier molecular flexibility index (Phi) is 8.68. The van der Waals surface area contributed by atoms with Gasteiger partial charge in [-0.1, -0.05) is 53.7 Å². The van der Waals surface area contributed by atoms with E-state index in [1.807, 2.05) is 0 Å². The second kappa shape index (κ2) is 11.9. The van der Waals surface area contributed by atoms with Crippen molar-refractivity contribution in [1.82, 2.24) is 20.4 Å². The molecular weight excluding hydrogens is 505 g/mol. The number of nitrogens with zero attached hydrogens (tertiary/aromatic N) is 4. The Morgan fingerprint density at radius 3 is 2.56 bits per heavy atom. The van der Waals surface area contributed by atoms with E-state index < -0.39 is 6.04 Å². The number of likely N-dealkylation sites (tertiary alicyclic amines) is 1. The Morgan fingerprint density at radius 2 is 1.86 bits per heavy atom. The van der Waals surface area contributed by atoms with Gasteiger partial charge in [-0.3, -0.25) is 9.59 Å². The molecule has 1 aromatic heterocycles. The first-order valence-electron chi connectivity index (χ1n) is 12.3. The molecule has 2 aromatic rings. The number of hydrogen-bond acceptors (Lipinski definition) is 6. The van der Waals surface area contributed by atoms with Crippen molar-refractivity contribution in [3.05, 3.63) is 34.1 Å². The van der Waals surface area contributed by atoms with Crippen LogP contribution in [-0.4, -0.2) is 58.5 Å². The zero-order valence-electron chi connectivity index (χ0n) is 20.0. The van der Waals surface area contributed by atoms with Crippen molar-refractivity contribution < 1.29 is 14.1 Å². The second-order valence-corrected chi connectivity index (χ2v) is 10.1. The third-order valence-corrected chi connectivity index (χ3v) is 7.72. The second-order valence-electron chi connectivity index (χ2n) is 9.33. The molecule has 4 rings (SSSR count).